The predicted molar refractivity (Wildman–Crippen MR) is 243 cm³/mol. The molecule has 6 rings (SSSR count). The van der Waals surface area contributed by atoms with E-state index < -0.39 is 35.7 Å². The van der Waals surface area contributed by atoms with Crippen LogP contribution in [0.25, 0.3) is 0 Å². The molecule has 4 aromatic rings. The molecule has 366 valence electrons. The van der Waals surface area contributed by atoms with Crippen molar-refractivity contribution in [2.75, 3.05) is 0 Å². The van der Waals surface area contributed by atoms with Crippen LogP contribution in [0.15, 0.2) is 97.1 Å². The van der Waals surface area contributed by atoms with E-state index >= 15 is 0 Å². The predicted octanol–water partition coefficient (Wildman–Crippen LogP) is 18.6. The third kappa shape index (κ3) is 17.5. The summed E-state index contributed by atoms with van der Waals surface area (Å²) in [7, 11) is 0. The molecule has 66 heavy (non-hydrogen) atoms. The van der Waals surface area contributed by atoms with Gasteiger partial charge in [0, 0.05) is 0 Å². The first-order valence-corrected chi connectivity index (χ1v) is 23.5. The van der Waals surface area contributed by atoms with E-state index in [1.54, 1.807) is 24.3 Å². The third-order valence-corrected chi connectivity index (χ3v) is 13.2. The summed E-state index contributed by atoms with van der Waals surface area (Å²) in [4.78, 5) is 0. The van der Waals surface area contributed by atoms with Gasteiger partial charge in [-0.15, -0.1) is 0 Å². The molecule has 0 atom stereocenters. The second-order valence-electron chi connectivity index (χ2n) is 18.2. The second kappa shape index (κ2) is 25.2. The Balaban J connectivity index is 0.000000284. The average molecular weight is 939 g/mol. The number of aryl methyl sites for hydroxylation is 2. The largest absolute Gasteiger partial charge is 0.429 e. The second-order valence-corrected chi connectivity index (χ2v) is 18.2. The molecule has 0 amide bonds. The van der Waals surface area contributed by atoms with E-state index in [0.29, 0.717) is 11.8 Å². The number of hydrogen-bond donors (Lipinski definition) is 0. The number of ether oxygens (including phenoxy) is 2. The fraction of sp³-hybridized carbons (Fsp3) is 0.556. The van der Waals surface area contributed by atoms with Crippen molar-refractivity contribution in [3.63, 3.8) is 0 Å². The highest BCUT2D eigenvalue weighted by Gasteiger charge is 2.37. The molecule has 0 bridgehead atoms. The Kier molecular flexibility index (Phi) is 20.8. The summed E-state index contributed by atoms with van der Waals surface area (Å²) < 4.78 is 143. The molecule has 2 saturated carbocycles. The van der Waals surface area contributed by atoms with Crippen LogP contribution in [0.3, 0.4) is 0 Å². The van der Waals surface area contributed by atoms with E-state index in [2.05, 4.69) is 18.6 Å². The molecule has 2 aliphatic rings. The Morgan fingerprint density at radius 2 is 0.667 bits per heavy atom. The fourth-order valence-corrected chi connectivity index (χ4v) is 9.10. The van der Waals surface area contributed by atoms with Gasteiger partial charge < -0.3 is 9.47 Å². The number of unbranched alkanes of at least 4 members (excludes halogenated alkanes) is 3. The van der Waals surface area contributed by atoms with Crippen molar-refractivity contribution in [2.24, 2.45) is 23.7 Å². The zero-order chi connectivity index (χ0) is 47.1. The van der Waals surface area contributed by atoms with Crippen molar-refractivity contribution < 1.29 is 53.4 Å². The highest BCUT2D eigenvalue weighted by Crippen LogP contribution is 2.39. The molecule has 0 N–H and O–H groups in total. The summed E-state index contributed by atoms with van der Waals surface area (Å²) in [5.74, 6) is 2.52. The van der Waals surface area contributed by atoms with E-state index in [0.717, 1.165) is 97.2 Å². The van der Waals surface area contributed by atoms with E-state index in [9.17, 15) is 43.9 Å². The zero-order valence-corrected chi connectivity index (χ0v) is 37.6. The molecule has 0 saturated heterocycles. The van der Waals surface area contributed by atoms with Gasteiger partial charge in [-0.3, -0.25) is 0 Å². The molecule has 2 fully saturated rings. The highest BCUT2D eigenvalue weighted by atomic mass is 19.4. The summed E-state index contributed by atoms with van der Waals surface area (Å²) in [5.41, 5.74) is -0.447. The highest BCUT2D eigenvalue weighted by molar-refractivity contribution is 5.32. The number of benzene rings is 4. The van der Waals surface area contributed by atoms with Crippen molar-refractivity contribution in [3.8, 4) is 11.5 Å². The molecule has 12 heteroatoms. The van der Waals surface area contributed by atoms with Crippen molar-refractivity contribution in [1.82, 2.24) is 0 Å². The van der Waals surface area contributed by atoms with Crippen LogP contribution in [-0.4, -0.2) is 0 Å². The molecule has 2 aliphatic carbocycles. The minimum atomic E-state index is -4.52. The maximum Gasteiger partial charge on any atom is 0.426 e. The van der Waals surface area contributed by atoms with Gasteiger partial charge in [-0.1, -0.05) is 142 Å². The zero-order valence-electron chi connectivity index (χ0n) is 37.6. The molecular formula is C54H68F10O2. The molecular weight excluding hydrogens is 871 g/mol. The van der Waals surface area contributed by atoms with Crippen molar-refractivity contribution in [1.29, 1.82) is 0 Å². The summed E-state index contributed by atoms with van der Waals surface area (Å²) in [6.07, 6.45) is 6.98. The molecule has 0 aliphatic heterocycles. The van der Waals surface area contributed by atoms with Gasteiger partial charge in [0.2, 0.25) is 0 Å². The van der Waals surface area contributed by atoms with Gasteiger partial charge in [-0.05, 0) is 133 Å². The Bertz CT molecular complexity index is 1940. The molecule has 4 aromatic carbocycles. The lowest BCUT2D eigenvalue weighted by Crippen LogP contribution is -2.22. The first-order chi connectivity index (χ1) is 30.8. The van der Waals surface area contributed by atoms with Gasteiger partial charge in [0.1, 0.15) is 11.5 Å². The van der Waals surface area contributed by atoms with Crippen LogP contribution < -0.4 is 9.47 Å². The standard InChI is InChI=1S/C27H33F5O.C26H31F5O.CH4/c1-2-3-4-5-20-6-8-21(9-7-20)10-11-22-12-14-24(15-13-22)27(31,32)33-25-18-16-23(17-19-25)26(28,29)30;1-2-3-4-19-5-7-20(8-6-19)9-10-21-11-13-23(14-12-21)26(30,31)32-24-17-15-22(16-18-24)25(27,28)29;/h12-21H,2-11H2,1H3;11-20H,2-10H2,1H3;1H4. The van der Waals surface area contributed by atoms with Gasteiger partial charge in [0.15, 0.2) is 0 Å². The van der Waals surface area contributed by atoms with E-state index in [4.69, 9.17) is 4.74 Å². The van der Waals surface area contributed by atoms with Gasteiger partial charge in [0.05, 0.1) is 22.3 Å². The summed E-state index contributed by atoms with van der Waals surface area (Å²) in [6.45, 7) is 4.46. The average Bonchev–Trinajstić information content (AvgIpc) is 3.28. The lowest BCUT2D eigenvalue weighted by molar-refractivity contribution is -0.186. The van der Waals surface area contributed by atoms with Gasteiger partial charge in [-0.25, -0.2) is 0 Å². The molecule has 0 aromatic heterocycles. The molecule has 0 heterocycles. The Morgan fingerprint density at radius 3 is 0.970 bits per heavy atom. The SMILES string of the molecule is C.CCCCC1CCC(CCc2ccc(C(F)(F)Oc3ccc(C(F)(F)F)cc3)cc2)CC1.CCCCCC1CCC(CCc2ccc(C(F)(F)Oc3ccc(C(F)(F)F)cc3)cc2)CC1. The monoisotopic (exact) mass is 939 g/mol. The summed E-state index contributed by atoms with van der Waals surface area (Å²) >= 11 is 0. The molecule has 0 spiro atoms. The lowest BCUT2D eigenvalue weighted by Gasteiger charge is -2.28. The van der Waals surface area contributed by atoms with Crippen LogP contribution >= 0.6 is 0 Å². The first-order valence-electron chi connectivity index (χ1n) is 23.5. The number of halogens is 10. The maximum atomic E-state index is 14.5. The lowest BCUT2D eigenvalue weighted by atomic mass is 9.78. The number of hydrogen-bond acceptors (Lipinski definition) is 2. The summed E-state index contributed by atoms with van der Waals surface area (Å²) in [6, 6.07) is 18.6. The Labute approximate surface area is 385 Å². The number of rotatable bonds is 19. The topological polar surface area (TPSA) is 18.5 Å². The summed E-state index contributed by atoms with van der Waals surface area (Å²) in [5, 5.41) is 0. The van der Waals surface area contributed by atoms with E-state index in [-0.39, 0.29) is 30.1 Å². The Hall–Kier alpha value is -4.22. The maximum absolute atomic E-state index is 14.5. The van der Waals surface area contributed by atoms with Crippen LogP contribution in [0.4, 0.5) is 43.9 Å². The Morgan fingerprint density at radius 1 is 0.379 bits per heavy atom. The molecule has 2 nitrogen and oxygen atoms in total. The first kappa shape index (κ1) is 54.4. The van der Waals surface area contributed by atoms with Crippen molar-refractivity contribution >= 4 is 0 Å². The van der Waals surface area contributed by atoms with Crippen LogP contribution in [-0.2, 0) is 37.4 Å². The van der Waals surface area contributed by atoms with Crippen molar-refractivity contribution in [2.45, 2.75) is 168 Å². The fourth-order valence-electron chi connectivity index (χ4n) is 9.10. The van der Waals surface area contributed by atoms with E-state index in [1.165, 1.54) is 121 Å². The van der Waals surface area contributed by atoms with Crippen LogP contribution in [0, 0.1) is 23.7 Å². The quantitative estimate of drug-likeness (QED) is 0.0689. The van der Waals surface area contributed by atoms with Crippen LogP contribution in [0.2, 0.25) is 0 Å². The van der Waals surface area contributed by atoms with Gasteiger partial charge in [0.25, 0.3) is 0 Å². The minimum absolute atomic E-state index is 0. The third-order valence-electron chi connectivity index (χ3n) is 13.2. The van der Waals surface area contributed by atoms with Crippen LogP contribution in [0.5, 0.6) is 11.5 Å². The van der Waals surface area contributed by atoms with Crippen LogP contribution in [0.1, 0.15) is 164 Å². The van der Waals surface area contributed by atoms with Gasteiger partial charge >= 0.3 is 24.6 Å². The molecule has 0 unspecified atom stereocenters. The smallest absolute Gasteiger partial charge is 0.426 e. The molecule has 0 radical (unpaired) electrons. The van der Waals surface area contributed by atoms with Crippen molar-refractivity contribution in [3.05, 3.63) is 130 Å². The minimum Gasteiger partial charge on any atom is -0.429 e. The number of alkyl halides is 10. The normalized spacial score (nSPS) is 19.3. The van der Waals surface area contributed by atoms with Gasteiger partial charge in [-0.2, -0.15) is 43.9 Å². The van der Waals surface area contributed by atoms with E-state index in [1.807, 2.05) is 0 Å².